The minimum Gasteiger partial charge on any atom is -0.286 e. The number of nitrogens with zero attached hydrogens (tertiary/aromatic N) is 1. The van der Waals surface area contributed by atoms with Crippen LogP contribution in [0.25, 0.3) is 0 Å². The molecule has 0 atom stereocenters. The van der Waals surface area contributed by atoms with Gasteiger partial charge in [-0.1, -0.05) is 6.08 Å². The normalized spacial score (nSPS) is 19.2. The molecule has 3 heteroatoms. The van der Waals surface area contributed by atoms with Gasteiger partial charge in [0.2, 0.25) is 0 Å². The van der Waals surface area contributed by atoms with Crippen LogP contribution in [0.15, 0.2) is 11.8 Å². The second-order valence-corrected chi connectivity index (χ2v) is 2.31. The van der Waals surface area contributed by atoms with Gasteiger partial charge < -0.3 is 0 Å². The van der Waals surface area contributed by atoms with Crippen LogP contribution in [0.1, 0.15) is 19.8 Å². The van der Waals surface area contributed by atoms with E-state index < -0.39 is 0 Å². The van der Waals surface area contributed by atoms with Crippen molar-refractivity contribution < 1.29 is 4.84 Å². The largest absolute Gasteiger partial charge is 0.286 e. The molecule has 3 nitrogen and oxygen atoms in total. The SMILES string of the molecule is CON1C(=N)CCC=C1C. The van der Waals surface area contributed by atoms with Crippen LogP contribution in [0.4, 0.5) is 0 Å². The highest BCUT2D eigenvalue weighted by Crippen LogP contribution is 2.14. The fraction of sp³-hybridized carbons (Fsp3) is 0.571. The predicted molar refractivity (Wildman–Crippen MR) is 39.6 cm³/mol. The maximum absolute atomic E-state index is 7.44. The molecule has 1 N–H and O–H groups in total. The highest BCUT2D eigenvalue weighted by atomic mass is 16.7. The van der Waals surface area contributed by atoms with Crippen LogP contribution in [0.2, 0.25) is 0 Å². The zero-order chi connectivity index (χ0) is 7.56. The van der Waals surface area contributed by atoms with Crippen LogP contribution < -0.4 is 0 Å². The van der Waals surface area contributed by atoms with Crippen molar-refractivity contribution in [1.82, 2.24) is 5.06 Å². The summed E-state index contributed by atoms with van der Waals surface area (Å²) in [7, 11) is 1.58. The van der Waals surface area contributed by atoms with E-state index >= 15 is 0 Å². The Morgan fingerprint density at radius 1 is 1.70 bits per heavy atom. The Kier molecular flexibility index (Phi) is 2.06. The molecule has 0 spiro atoms. The lowest BCUT2D eigenvalue weighted by Gasteiger charge is -2.25. The zero-order valence-corrected chi connectivity index (χ0v) is 6.35. The topological polar surface area (TPSA) is 36.3 Å². The van der Waals surface area contributed by atoms with Crippen LogP contribution in [-0.2, 0) is 4.84 Å². The summed E-state index contributed by atoms with van der Waals surface area (Å²) in [5, 5.41) is 8.98. The lowest BCUT2D eigenvalue weighted by atomic mass is 10.2. The van der Waals surface area contributed by atoms with E-state index in [9.17, 15) is 0 Å². The molecule has 1 rings (SSSR count). The molecule has 0 radical (unpaired) electrons. The van der Waals surface area contributed by atoms with E-state index in [0.717, 1.165) is 18.5 Å². The van der Waals surface area contributed by atoms with Crippen molar-refractivity contribution in [2.24, 2.45) is 0 Å². The number of hydrogen-bond acceptors (Lipinski definition) is 2. The summed E-state index contributed by atoms with van der Waals surface area (Å²) in [5.41, 5.74) is 1.01. The van der Waals surface area contributed by atoms with Crippen LogP contribution in [0.5, 0.6) is 0 Å². The summed E-state index contributed by atoms with van der Waals surface area (Å²) in [6, 6.07) is 0. The third-order valence-electron chi connectivity index (χ3n) is 1.57. The molecule has 10 heavy (non-hydrogen) atoms. The van der Waals surface area contributed by atoms with Gasteiger partial charge in [-0.05, 0) is 13.3 Å². The van der Waals surface area contributed by atoms with Crippen molar-refractivity contribution in [3.8, 4) is 0 Å². The molecule has 56 valence electrons. The molecule has 0 aliphatic carbocycles. The van der Waals surface area contributed by atoms with Gasteiger partial charge in [0.1, 0.15) is 5.84 Å². The molecule has 0 fully saturated rings. The molecule has 0 aromatic heterocycles. The van der Waals surface area contributed by atoms with Gasteiger partial charge in [-0.15, -0.1) is 0 Å². The monoisotopic (exact) mass is 140 g/mol. The molecule has 0 saturated carbocycles. The fourth-order valence-electron chi connectivity index (χ4n) is 1.07. The summed E-state index contributed by atoms with van der Waals surface area (Å²) in [4.78, 5) is 4.96. The van der Waals surface area contributed by atoms with E-state index in [1.807, 2.05) is 6.92 Å². The van der Waals surface area contributed by atoms with Crippen molar-refractivity contribution in [1.29, 1.82) is 5.41 Å². The van der Waals surface area contributed by atoms with E-state index in [-0.39, 0.29) is 0 Å². The van der Waals surface area contributed by atoms with Crippen molar-refractivity contribution in [3.63, 3.8) is 0 Å². The van der Waals surface area contributed by atoms with Crippen LogP contribution >= 0.6 is 0 Å². The lowest BCUT2D eigenvalue weighted by Crippen LogP contribution is -2.29. The number of amidine groups is 1. The van der Waals surface area contributed by atoms with Crippen LogP contribution in [0.3, 0.4) is 0 Å². The zero-order valence-electron chi connectivity index (χ0n) is 6.35. The Labute approximate surface area is 60.7 Å². The number of rotatable bonds is 1. The van der Waals surface area contributed by atoms with E-state index in [2.05, 4.69) is 6.08 Å². The highest BCUT2D eigenvalue weighted by molar-refractivity contribution is 5.80. The third-order valence-corrected chi connectivity index (χ3v) is 1.57. The Bertz CT molecular complexity index is 174. The maximum Gasteiger partial charge on any atom is 0.126 e. The van der Waals surface area contributed by atoms with Crippen molar-refractivity contribution in [2.45, 2.75) is 19.8 Å². The molecule has 0 amide bonds. The van der Waals surface area contributed by atoms with Gasteiger partial charge in [0.25, 0.3) is 0 Å². The molecule has 1 heterocycles. The highest BCUT2D eigenvalue weighted by Gasteiger charge is 2.14. The number of nitrogens with one attached hydrogen (secondary N) is 1. The first-order chi connectivity index (χ1) is 4.75. The Hall–Kier alpha value is -0.830. The average Bonchev–Trinajstić information content (AvgIpc) is 1.88. The summed E-state index contributed by atoms with van der Waals surface area (Å²) in [5.74, 6) is 0.544. The number of hydroxylamine groups is 2. The second-order valence-electron chi connectivity index (χ2n) is 2.31. The van der Waals surface area contributed by atoms with Gasteiger partial charge in [0.15, 0.2) is 0 Å². The Balaban J connectivity index is 2.72. The van der Waals surface area contributed by atoms with Gasteiger partial charge in [-0.25, -0.2) is 5.06 Å². The molecule has 0 aromatic rings. The van der Waals surface area contributed by atoms with Crippen molar-refractivity contribution >= 4 is 5.84 Å². The molecule has 1 aliphatic heterocycles. The molecule has 0 unspecified atom stereocenters. The summed E-state index contributed by atoms with van der Waals surface area (Å²) in [6.45, 7) is 1.94. The average molecular weight is 140 g/mol. The number of allylic oxidation sites excluding steroid dienone is 2. The molecule has 0 saturated heterocycles. The van der Waals surface area contributed by atoms with E-state index in [1.165, 1.54) is 0 Å². The van der Waals surface area contributed by atoms with E-state index in [4.69, 9.17) is 10.2 Å². The molecule has 0 aromatic carbocycles. The maximum atomic E-state index is 7.44. The van der Waals surface area contributed by atoms with Gasteiger partial charge in [0, 0.05) is 12.1 Å². The van der Waals surface area contributed by atoms with E-state index in [0.29, 0.717) is 5.84 Å². The third kappa shape index (κ3) is 1.19. The van der Waals surface area contributed by atoms with E-state index in [1.54, 1.807) is 12.2 Å². The Morgan fingerprint density at radius 2 is 2.40 bits per heavy atom. The smallest absolute Gasteiger partial charge is 0.126 e. The van der Waals surface area contributed by atoms with Gasteiger partial charge >= 0.3 is 0 Å². The predicted octanol–water partition coefficient (Wildman–Crippen LogP) is 1.52. The summed E-state index contributed by atoms with van der Waals surface area (Å²) in [6.07, 6.45) is 3.82. The second kappa shape index (κ2) is 2.84. The minimum absolute atomic E-state index is 0.544. The van der Waals surface area contributed by atoms with Crippen molar-refractivity contribution in [2.75, 3.05) is 7.11 Å². The van der Waals surface area contributed by atoms with Gasteiger partial charge in [0.05, 0.1) is 7.11 Å². The lowest BCUT2D eigenvalue weighted by molar-refractivity contribution is -0.0387. The molecular formula is C7H12N2O. The summed E-state index contributed by atoms with van der Waals surface area (Å²) >= 11 is 0. The molecular weight excluding hydrogens is 128 g/mol. The molecule has 1 aliphatic rings. The van der Waals surface area contributed by atoms with Crippen LogP contribution in [-0.4, -0.2) is 18.0 Å². The Morgan fingerprint density at radius 3 is 2.80 bits per heavy atom. The standard InChI is InChI=1S/C7H12N2O/c1-6-4-3-5-7(8)9(6)10-2/h4,8H,3,5H2,1-2H3. The first-order valence-corrected chi connectivity index (χ1v) is 3.34. The minimum atomic E-state index is 0.544. The van der Waals surface area contributed by atoms with Crippen LogP contribution in [0, 0.1) is 5.41 Å². The van der Waals surface area contributed by atoms with Gasteiger partial charge in [-0.2, -0.15) is 0 Å². The first-order valence-electron chi connectivity index (χ1n) is 3.34. The fourth-order valence-corrected chi connectivity index (χ4v) is 1.07. The van der Waals surface area contributed by atoms with Gasteiger partial charge in [-0.3, -0.25) is 10.2 Å². The van der Waals surface area contributed by atoms with Crippen molar-refractivity contribution in [3.05, 3.63) is 11.8 Å². The quantitative estimate of drug-likeness (QED) is 0.599. The summed E-state index contributed by atoms with van der Waals surface area (Å²) < 4.78 is 0. The number of hydrogen-bond donors (Lipinski definition) is 1. The first kappa shape index (κ1) is 7.28. The molecule has 0 bridgehead atoms.